The van der Waals surface area contributed by atoms with Gasteiger partial charge in [0, 0.05) is 31.8 Å². The molecule has 0 aliphatic carbocycles. The van der Waals surface area contributed by atoms with Gasteiger partial charge < -0.3 is 19.9 Å². The highest BCUT2D eigenvalue weighted by molar-refractivity contribution is 6.31. The lowest BCUT2D eigenvalue weighted by Gasteiger charge is -2.31. The summed E-state index contributed by atoms with van der Waals surface area (Å²) >= 11 is 6.01. The van der Waals surface area contributed by atoms with Gasteiger partial charge in [0.25, 0.3) is 0 Å². The van der Waals surface area contributed by atoms with Crippen molar-refractivity contribution in [3.05, 3.63) is 23.2 Å². The van der Waals surface area contributed by atoms with Gasteiger partial charge in [0.05, 0.1) is 23.6 Å². The molecule has 3 rings (SSSR count). The summed E-state index contributed by atoms with van der Waals surface area (Å²) in [6.45, 7) is 2.66. The van der Waals surface area contributed by atoms with E-state index in [1.807, 2.05) is 18.2 Å². The Kier molecular flexibility index (Phi) is 5.03. The van der Waals surface area contributed by atoms with Crippen LogP contribution < -0.4 is 10.2 Å². The van der Waals surface area contributed by atoms with Crippen molar-refractivity contribution in [3.63, 3.8) is 0 Å². The second-order valence-corrected chi connectivity index (χ2v) is 6.23. The van der Waals surface area contributed by atoms with E-state index in [1.165, 1.54) is 0 Å². The van der Waals surface area contributed by atoms with Crippen molar-refractivity contribution >= 4 is 34.5 Å². The van der Waals surface area contributed by atoms with E-state index in [0.29, 0.717) is 24.7 Å². The average Bonchev–Trinajstić information content (AvgIpc) is 2.98. The fourth-order valence-corrected chi connectivity index (χ4v) is 3.09. The van der Waals surface area contributed by atoms with Crippen molar-refractivity contribution in [1.82, 2.24) is 15.3 Å². The fraction of sp³-hybridized carbons (Fsp3) is 0.500. The van der Waals surface area contributed by atoms with Gasteiger partial charge in [-0.1, -0.05) is 11.6 Å². The molecule has 2 N–H and O–H groups in total. The first-order valence-electron chi connectivity index (χ1n) is 7.84. The topological polar surface area (TPSA) is 70.2 Å². The number of aromatic amines is 1. The van der Waals surface area contributed by atoms with Crippen LogP contribution in [0.25, 0.3) is 11.0 Å². The molecule has 0 radical (unpaired) electrons. The number of ether oxygens (including phenoxy) is 1. The molecule has 0 unspecified atom stereocenters. The standard InChI is InChI=1S/C16H21ClN4O2/c1-23-8-6-18-15(22)11-3-2-7-21(10-11)16-19-13-5-4-12(17)9-14(13)20-16/h4-5,9,11H,2-3,6-8,10H2,1H3,(H,18,22)(H,19,20)/t11-/m0/s1. The molecule has 6 nitrogen and oxygen atoms in total. The Morgan fingerprint density at radius 1 is 1.57 bits per heavy atom. The minimum Gasteiger partial charge on any atom is -0.383 e. The van der Waals surface area contributed by atoms with Gasteiger partial charge in [-0.2, -0.15) is 0 Å². The molecule has 1 saturated heterocycles. The van der Waals surface area contributed by atoms with Crippen molar-refractivity contribution in [2.24, 2.45) is 5.92 Å². The third kappa shape index (κ3) is 3.76. The number of rotatable bonds is 5. The van der Waals surface area contributed by atoms with Crippen LogP contribution in [0.15, 0.2) is 18.2 Å². The van der Waals surface area contributed by atoms with Crippen LogP contribution in [-0.4, -0.2) is 49.2 Å². The van der Waals surface area contributed by atoms with Gasteiger partial charge in [0.2, 0.25) is 11.9 Å². The molecule has 23 heavy (non-hydrogen) atoms. The molecule has 1 amide bonds. The summed E-state index contributed by atoms with van der Waals surface area (Å²) in [6, 6.07) is 5.60. The largest absolute Gasteiger partial charge is 0.383 e. The van der Waals surface area contributed by atoms with Crippen LogP contribution in [0.2, 0.25) is 5.02 Å². The van der Waals surface area contributed by atoms with E-state index in [4.69, 9.17) is 16.3 Å². The molecule has 1 aromatic carbocycles. The lowest BCUT2D eigenvalue weighted by molar-refractivity contribution is -0.125. The molecule has 0 bridgehead atoms. The first-order chi connectivity index (χ1) is 11.2. The van der Waals surface area contributed by atoms with E-state index in [0.717, 1.165) is 36.4 Å². The predicted molar refractivity (Wildman–Crippen MR) is 90.9 cm³/mol. The Balaban J connectivity index is 1.68. The fourth-order valence-electron chi connectivity index (χ4n) is 2.92. The maximum atomic E-state index is 12.2. The number of nitrogens with one attached hydrogen (secondary N) is 2. The van der Waals surface area contributed by atoms with Gasteiger partial charge in [-0.25, -0.2) is 4.98 Å². The smallest absolute Gasteiger partial charge is 0.224 e. The second kappa shape index (κ2) is 7.19. The summed E-state index contributed by atoms with van der Waals surface area (Å²) in [5, 5.41) is 3.60. The highest BCUT2D eigenvalue weighted by atomic mass is 35.5. The second-order valence-electron chi connectivity index (χ2n) is 5.79. The maximum absolute atomic E-state index is 12.2. The molecular weight excluding hydrogens is 316 g/mol. The number of imidazole rings is 1. The molecule has 1 aliphatic heterocycles. The van der Waals surface area contributed by atoms with E-state index in [2.05, 4.69) is 20.2 Å². The van der Waals surface area contributed by atoms with Crippen LogP contribution in [-0.2, 0) is 9.53 Å². The zero-order valence-electron chi connectivity index (χ0n) is 13.1. The third-order valence-corrected chi connectivity index (χ3v) is 4.36. The van der Waals surface area contributed by atoms with E-state index in [1.54, 1.807) is 7.11 Å². The summed E-state index contributed by atoms with van der Waals surface area (Å²) in [5.74, 6) is 0.875. The molecule has 0 spiro atoms. The number of fused-ring (bicyclic) bond motifs is 1. The lowest BCUT2D eigenvalue weighted by atomic mass is 9.97. The molecule has 124 valence electrons. The molecule has 2 aromatic rings. The quantitative estimate of drug-likeness (QED) is 0.821. The van der Waals surface area contributed by atoms with Crippen LogP contribution >= 0.6 is 11.6 Å². The first kappa shape index (κ1) is 16.1. The summed E-state index contributed by atoms with van der Waals surface area (Å²) in [4.78, 5) is 22.3. The van der Waals surface area contributed by atoms with E-state index < -0.39 is 0 Å². The first-order valence-corrected chi connectivity index (χ1v) is 8.22. The summed E-state index contributed by atoms with van der Waals surface area (Å²) in [6.07, 6.45) is 1.88. The molecule has 0 saturated carbocycles. The number of methoxy groups -OCH3 is 1. The normalized spacial score (nSPS) is 18.3. The van der Waals surface area contributed by atoms with E-state index in [-0.39, 0.29) is 11.8 Å². The molecule has 1 aromatic heterocycles. The van der Waals surface area contributed by atoms with Gasteiger partial charge in [-0.15, -0.1) is 0 Å². The number of H-pyrrole nitrogens is 1. The van der Waals surface area contributed by atoms with Gasteiger partial charge in [0.15, 0.2) is 0 Å². The predicted octanol–water partition coefficient (Wildman–Crippen LogP) is 2.20. The number of carbonyl (C=O) groups is 1. The van der Waals surface area contributed by atoms with Crippen LogP contribution in [0.1, 0.15) is 12.8 Å². The zero-order chi connectivity index (χ0) is 16.2. The van der Waals surface area contributed by atoms with Gasteiger partial charge in [-0.3, -0.25) is 4.79 Å². The minimum atomic E-state index is -0.0163. The van der Waals surface area contributed by atoms with Crippen LogP contribution in [0.3, 0.4) is 0 Å². The van der Waals surface area contributed by atoms with Crippen molar-refractivity contribution in [3.8, 4) is 0 Å². The maximum Gasteiger partial charge on any atom is 0.224 e. The highest BCUT2D eigenvalue weighted by Crippen LogP contribution is 2.25. The van der Waals surface area contributed by atoms with Crippen LogP contribution in [0.5, 0.6) is 0 Å². The van der Waals surface area contributed by atoms with Gasteiger partial charge in [0.1, 0.15) is 0 Å². The Hall–Kier alpha value is -1.79. The van der Waals surface area contributed by atoms with Crippen LogP contribution in [0.4, 0.5) is 5.95 Å². The van der Waals surface area contributed by atoms with E-state index >= 15 is 0 Å². The molecule has 7 heteroatoms. The molecule has 1 atom stereocenters. The minimum absolute atomic E-state index is 0.0163. The highest BCUT2D eigenvalue weighted by Gasteiger charge is 2.27. The monoisotopic (exact) mass is 336 g/mol. The lowest BCUT2D eigenvalue weighted by Crippen LogP contribution is -2.44. The number of piperidine rings is 1. The number of carbonyl (C=O) groups excluding carboxylic acids is 1. The van der Waals surface area contributed by atoms with E-state index in [9.17, 15) is 4.79 Å². The summed E-state index contributed by atoms with van der Waals surface area (Å²) < 4.78 is 4.96. The third-order valence-electron chi connectivity index (χ3n) is 4.13. The Bertz CT molecular complexity index is 688. The molecular formula is C16H21ClN4O2. The Morgan fingerprint density at radius 2 is 2.43 bits per heavy atom. The van der Waals surface area contributed by atoms with Crippen LogP contribution in [0, 0.1) is 5.92 Å². The number of benzene rings is 1. The number of nitrogens with zero attached hydrogens (tertiary/aromatic N) is 2. The number of halogens is 1. The van der Waals surface area contributed by atoms with Crippen molar-refractivity contribution in [2.75, 3.05) is 38.3 Å². The average molecular weight is 337 g/mol. The summed E-state index contributed by atoms with van der Waals surface area (Å²) in [5.41, 5.74) is 1.80. The number of hydrogen-bond acceptors (Lipinski definition) is 4. The molecule has 1 aliphatic rings. The zero-order valence-corrected chi connectivity index (χ0v) is 13.9. The number of hydrogen-bond donors (Lipinski definition) is 2. The Labute approximate surface area is 140 Å². The van der Waals surface area contributed by atoms with Crippen molar-refractivity contribution in [2.45, 2.75) is 12.8 Å². The van der Waals surface area contributed by atoms with Gasteiger partial charge in [-0.05, 0) is 31.0 Å². The molecule has 2 heterocycles. The molecule has 1 fully saturated rings. The number of aromatic nitrogens is 2. The van der Waals surface area contributed by atoms with Crippen molar-refractivity contribution < 1.29 is 9.53 Å². The number of amides is 1. The number of anilines is 1. The summed E-state index contributed by atoms with van der Waals surface area (Å²) in [7, 11) is 1.63. The van der Waals surface area contributed by atoms with Gasteiger partial charge >= 0.3 is 0 Å². The Morgan fingerprint density at radius 3 is 3.26 bits per heavy atom. The van der Waals surface area contributed by atoms with Crippen molar-refractivity contribution in [1.29, 1.82) is 0 Å². The SMILES string of the molecule is COCCNC(=O)[C@H]1CCCN(c2nc3ccc(Cl)cc3[nH]2)C1.